The molecule has 2 N–H and O–H groups in total. The van der Waals surface area contributed by atoms with Gasteiger partial charge in [0.2, 0.25) is 0 Å². The molecule has 0 bridgehead atoms. The van der Waals surface area contributed by atoms with E-state index in [1.807, 2.05) is 33.8 Å². The van der Waals surface area contributed by atoms with Crippen LogP contribution in [0.2, 0.25) is 0 Å². The monoisotopic (exact) mass is 305 g/mol. The van der Waals surface area contributed by atoms with Crippen LogP contribution in [0.15, 0.2) is 18.2 Å². The SMILES string of the molecule is Cc1cc(CN2CCNCC2)ccc1NC(=O)OC(C)(C)C. The zero-order valence-corrected chi connectivity index (χ0v) is 14.0. The molecule has 22 heavy (non-hydrogen) atoms. The fraction of sp³-hybridized carbons (Fsp3) is 0.588. The molecule has 122 valence electrons. The molecule has 0 spiro atoms. The van der Waals surface area contributed by atoms with Crippen molar-refractivity contribution in [1.29, 1.82) is 0 Å². The van der Waals surface area contributed by atoms with Crippen molar-refractivity contribution >= 4 is 11.8 Å². The molecule has 1 aromatic carbocycles. The number of nitrogens with one attached hydrogen (secondary N) is 2. The molecule has 1 amide bonds. The Labute approximate surface area is 133 Å². The Hall–Kier alpha value is -1.59. The summed E-state index contributed by atoms with van der Waals surface area (Å²) in [5.41, 5.74) is 2.64. The predicted molar refractivity (Wildman–Crippen MR) is 89.2 cm³/mol. The zero-order valence-electron chi connectivity index (χ0n) is 14.0. The van der Waals surface area contributed by atoms with Crippen LogP contribution >= 0.6 is 0 Å². The van der Waals surface area contributed by atoms with Gasteiger partial charge in [0.1, 0.15) is 5.60 Å². The van der Waals surface area contributed by atoms with E-state index in [9.17, 15) is 4.79 Å². The summed E-state index contributed by atoms with van der Waals surface area (Å²) in [6, 6.07) is 6.16. The number of hydrogen-bond acceptors (Lipinski definition) is 4. The maximum absolute atomic E-state index is 11.8. The van der Waals surface area contributed by atoms with Crippen LogP contribution in [0.5, 0.6) is 0 Å². The molecule has 1 aromatic rings. The van der Waals surface area contributed by atoms with Gasteiger partial charge in [0.15, 0.2) is 0 Å². The van der Waals surface area contributed by atoms with Crippen molar-refractivity contribution in [2.45, 2.75) is 39.8 Å². The Morgan fingerprint density at radius 3 is 2.59 bits per heavy atom. The number of piperazine rings is 1. The molecule has 1 fully saturated rings. The molecule has 0 radical (unpaired) electrons. The van der Waals surface area contributed by atoms with E-state index >= 15 is 0 Å². The Balaban J connectivity index is 1.95. The lowest BCUT2D eigenvalue weighted by atomic mass is 10.1. The average molecular weight is 305 g/mol. The lowest BCUT2D eigenvalue weighted by molar-refractivity contribution is 0.0636. The van der Waals surface area contributed by atoms with E-state index in [-0.39, 0.29) is 0 Å². The zero-order chi connectivity index (χ0) is 16.2. The van der Waals surface area contributed by atoms with Crippen LogP contribution in [0.3, 0.4) is 0 Å². The van der Waals surface area contributed by atoms with E-state index in [1.165, 1.54) is 5.56 Å². The largest absolute Gasteiger partial charge is 0.444 e. The van der Waals surface area contributed by atoms with Gasteiger partial charge in [0.25, 0.3) is 0 Å². The molecular formula is C17H27N3O2. The number of aryl methyl sites for hydroxylation is 1. The fourth-order valence-electron chi connectivity index (χ4n) is 2.51. The summed E-state index contributed by atoms with van der Waals surface area (Å²) in [7, 11) is 0. The number of benzene rings is 1. The summed E-state index contributed by atoms with van der Waals surface area (Å²) in [4.78, 5) is 14.3. The number of amides is 1. The highest BCUT2D eigenvalue weighted by molar-refractivity contribution is 5.85. The van der Waals surface area contributed by atoms with Crippen LogP contribution in [0.4, 0.5) is 10.5 Å². The van der Waals surface area contributed by atoms with Crippen molar-refractivity contribution < 1.29 is 9.53 Å². The summed E-state index contributed by atoms with van der Waals surface area (Å²) in [6.45, 7) is 12.8. The second-order valence-electron chi connectivity index (χ2n) is 6.80. The Kier molecular flexibility index (Phi) is 5.42. The third-order valence-electron chi connectivity index (χ3n) is 3.54. The molecule has 1 heterocycles. The molecule has 2 rings (SSSR count). The van der Waals surface area contributed by atoms with Gasteiger partial charge in [-0.3, -0.25) is 10.2 Å². The van der Waals surface area contributed by atoms with Gasteiger partial charge in [-0.05, 0) is 44.9 Å². The van der Waals surface area contributed by atoms with E-state index in [4.69, 9.17) is 4.74 Å². The summed E-state index contributed by atoms with van der Waals surface area (Å²) in [6.07, 6.45) is -0.412. The Morgan fingerprint density at radius 1 is 1.32 bits per heavy atom. The quantitative estimate of drug-likeness (QED) is 0.901. The van der Waals surface area contributed by atoms with Crippen molar-refractivity contribution in [3.8, 4) is 0 Å². The van der Waals surface area contributed by atoms with E-state index in [1.54, 1.807) is 0 Å². The standard InChI is InChI=1S/C17H27N3O2/c1-13-11-14(12-20-9-7-18-8-10-20)5-6-15(13)19-16(21)22-17(2,3)4/h5-6,11,18H,7-10,12H2,1-4H3,(H,19,21). The second kappa shape index (κ2) is 7.11. The molecule has 1 aliphatic rings. The topological polar surface area (TPSA) is 53.6 Å². The summed E-state index contributed by atoms with van der Waals surface area (Å²) in [5.74, 6) is 0. The Bertz CT molecular complexity index is 517. The average Bonchev–Trinajstić information content (AvgIpc) is 2.41. The lowest BCUT2D eigenvalue weighted by Crippen LogP contribution is -2.42. The van der Waals surface area contributed by atoms with Crippen molar-refractivity contribution in [2.75, 3.05) is 31.5 Å². The van der Waals surface area contributed by atoms with Gasteiger partial charge in [-0.2, -0.15) is 0 Å². The van der Waals surface area contributed by atoms with Crippen LogP contribution in [-0.2, 0) is 11.3 Å². The van der Waals surface area contributed by atoms with Crippen molar-refractivity contribution in [3.05, 3.63) is 29.3 Å². The number of rotatable bonds is 3. The third kappa shape index (κ3) is 5.31. The Morgan fingerprint density at radius 2 is 2.00 bits per heavy atom. The van der Waals surface area contributed by atoms with Crippen molar-refractivity contribution in [3.63, 3.8) is 0 Å². The van der Waals surface area contributed by atoms with Crippen LogP contribution in [0, 0.1) is 6.92 Å². The highest BCUT2D eigenvalue weighted by Crippen LogP contribution is 2.19. The first-order valence-corrected chi connectivity index (χ1v) is 7.86. The van der Waals surface area contributed by atoms with Gasteiger partial charge in [-0.15, -0.1) is 0 Å². The molecule has 0 unspecified atom stereocenters. The number of carbonyl (C=O) groups excluding carboxylic acids is 1. The number of carbonyl (C=O) groups is 1. The maximum Gasteiger partial charge on any atom is 0.412 e. The first-order valence-electron chi connectivity index (χ1n) is 7.86. The second-order valence-corrected chi connectivity index (χ2v) is 6.80. The lowest BCUT2D eigenvalue weighted by Gasteiger charge is -2.27. The molecule has 5 heteroatoms. The number of nitrogens with zero attached hydrogens (tertiary/aromatic N) is 1. The van der Waals surface area contributed by atoms with E-state index < -0.39 is 11.7 Å². The van der Waals surface area contributed by atoms with Crippen LogP contribution in [0.1, 0.15) is 31.9 Å². The smallest absolute Gasteiger partial charge is 0.412 e. The number of hydrogen-bond donors (Lipinski definition) is 2. The molecular weight excluding hydrogens is 278 g/mol. The molecule has 0 aliphatic carbocycles. The molecule has 5 nitrogen and oxygen atoms in total. The number of anilines is 1. The van der Waals surface area contributed by atoms with Crippen LogP contribution < -0.4 is 10.6 Å². The fourth-order valence-corrected chi connectivity index (χ4v) is 2.51. The van der Waals surface area contributed by atoms with Crippen molar-refractivity contribution in [1.82, 2.24) is 10.2 Å². The minimum Gasteiger partial charge on any atom is -0.444 e. The van der Waals surface area contributed by atoms with E-state index in [2.05, 4.69) is 27.7 Å². The van der Waals surface area contributed by atoms with E-state index in [0.717, 1.165) is 44.0 Å². The van der Waals surface area contributed by atoms with Crippen molar-refractivity contribution in [2.24, 2.45) is 0 Å². The molecule has 1 saturated heterocycles. The first kappa shape index (κ1) is 16.8. The first-order chi connectivity index (χ1) is 10.3. The summed E-state index contributed by atoms with van der Waals surface area (Å²) < 4.78 is 5.28. The molecule has 1 aliphatic heterocycles. The normalized spacial score (nSPS) is 16.4. The predicted octanol–water partition coefficient (Wildman–Crippen LogP) is 2.75. The van der Waals surface area contributed by atoms with Gasteiger partial charge >= 0.3 is 6.09 Å². The van der Waals surface area contributed by atoms with Crippen LogP contribution in [0.25, 0.3) is 0 Å². The third-order valence-corrected chi connectivity index (χ3v) is 3.54. The van der Waals surface area contributed by atoms with Gasteiger partial charge in [-0.1, -0.05) is 12.1 Å². The highest BCUT2D eigenvalue weighted by Gasteiger charge is 2.17. The van der Waals surface area contributed by atoms with Gasteiger partial charge < -0.3 is 10.1 Å². The molecule has 0 saturated carbocycles. The summed E-state index contributed by atoms with van der Waals surface area (Å²) >= 11 is 0. The van der Waals surface area contributed by atoms with Gasteiger partial charge in [-0.25, -0.2) is 4.79 Å². The minimum atomic E-state index is -0.486. The number of ether oxygens (including phenoxy) is 1. The minimum absolute atomic E-state index is 0.412. The molecule has 0 aromatic heterocycles. The van der Waals surface area contributed by atoms with Crippen LogP contribution in [-0.4, -0.2) is 42.8 Å². The molecule has 0 atom stereocenters. The van der Waals surface area contributed by atoms with Gasteiger partial charge in [0.05, 0.1) is 0 Å². The van der Waals surface area contributed by atoms with E-state index in [0.29, 0.717) is 0 Å². The van der Waals surface area contributed by atoms with Gasteiger partial charge in [0, 0.05) is 38.4 Å². The maximum atomic E-state index is 11.8. The summed E-state index contributed by atoms with van der Waals surface area (Å²) in [5, 5.41) is 6.17. The highest BCUT2D eigenvalue weighted by atomic mass is 16.6.